The summed E-state index contributed by atoms with van der Waals surface area (Å²) in [6.45, 7) is 1.49. The van der Waals surface area contributed by atoms with Crippen LogP contribution in [-0.2, 0) is 4.79 Å². The second-order valence-corrected chi connectivity index (χ2v) is 7.24. The molecule has 0 aromatic heterocycles. The van der Waals surface area contributed by atoms with Crippen LogP contribution in [0.5, 0.6) is 0 Å². The lowest BCUT2D eigenvalue weighted by Gasteiger charge is -2.43. The molecular weight excluding hydrogens is 319 g/mol. The van der Waals surface area contributed by atoms with Crippen LogP contribution >= 0.6 is 23.2 Å². The molecule has 1 aliphatic carbocycles. The van der Waals surface area contributed by atoms with Crippen LogP contribution in [-0.4, -0.2) is 29.9 Å². The topological polar surface area (TPSA) is 32.3 Å². The Balaban J connectivity index is 1.61. The number of hydrogen-bond donors (Lipinski definition) is 1. The fourth-order valence-corrected chi connectivity index (χ4v) is 4.35. The fourth-order valence-electron chi connectivity index (χ4n) is 3.89. The summed E-state index contributed by atoms with van der Waals surface area (Å²) < 4.78 is 0. The second-order valence-electron chi connectivity index (χ2n) is 6.40. The molecule has 1 amide bonds. The summed E-state index contributed by atoms with van der Waals surface area (Å²) in [5.74, 6) is 0.796. The number of piperidine rings is 1. The van der Waals surface area contributed by atoms with Gasteiger partial charge in [0.05, 0.1) is 17.3 Å². The summed E-state index contributed by atoms with van der Waals surface area (Å²) in [6.07, 6.45) is 7.73. The third-order valence-corrected chi connectivity index (χ3v) is 5.46. The molecule has 1 aliphatic heterocycles. The van der Waals surface area contributed by atoms with Gasteiger partial charge in [0.25, 0.3) is 0 Å². The number of fused-ring (bicyclic) bond motifs is 1. The van der Waals surface area contributed by atoms with E-state index < -0.39 is 0 Å². The van der Waals surface area contributed by atoms with Crippen molar-refractivity contribution in [3.05, 3.63) is 28.2 Å². The Morgan fingerprint density at radius 3 is 2.77 bits per heavy atom. The molecule has 0 spiro atoms. The smallest absolute Gasteiger partial charge is 0.238 e. The number of carbonyl (C=O) groups is 1. The number of benzene rings is 1. The molecule has 5 heteroatoms. The predicted molar refractivity (Wildman–Crippen MR) is 91.6 cm³/mol. The van der Waals surface area contributed by atoms with Gasteiger partial charge < -0.3 is 5.32 Å². The van der Waals surface area contributed by atoms with Crippen molar-refractivity contribution < 1.29 is 4.79 Å². The number of hydrogen-bond acceptors (Lipinski definition) is 2. The molecule has 1 saturated carbocycles. The zero-order chi connectivity index (χ0) is 15.5. The normalized spacial score (nSPS) is 25.5. The van der Waals surface area contributed by atoms with Gasteiger partial charge in [-0.1, -0.05) is 36.0 Å². The van der Waals surface area contributed by atoms with Crippen LogP contribution in [0.25, 0.3) is 0 Å². The highest BCUT2D eigenvalue weighted by atomic mass is 35.5. The zero-order valence-corrected chi connectivity index (χ0v) is 14.2. The molecule has 1 saturated heterocycles. The van der Waals surface area contributed by atoms with Crippen molar-refractivity contribution in [3.63, 3.8) is 0 Å². The molecule has 0 unspecified atom stereocenters. The highest BCUT2D eigenvalue weighted by Gasteiger charge is 2.33. The maximum absolute atomic E-state index is 12.3. The van der Waals surface area contributed by atoms with Crippen LogP contribution in [0.15, 0.2) is 18.2 Å². The average Bonchev–Trinajstić information content (AvgIpc) is 2.50. The minimum atomic E-state index is 0.00967. The number of nitrogens with zero attached hydrogens (tertiary/aromatic N) is 1. The highest BCUT2D eigenvalue weighted by molar-refractivity contribution is 6.36. The molecule has 1 aromatic carbocycles. The van der Waals surface area contributed by atoms with Crippen molar-refractivity contribution in [3.8, 4) is 0 Å². The van der Waals surface area contributed by atoms with Gasteiger partial charge in [0, 0.05) is 11.1 Å². The standard InChI is InChI=1S/C17H22Cl2N2O/c18-13-7-8-15(14(19)10-13)20-17(22)11-21-9-3-5-12-4-1-2-6-16(12)21/h7-8,10,12,16H,1-6,9,11H2,(H,20,22)/t12-,16-/m0/s1. The molecule has 0 radical (unpaired) electrons. The Morgan fingerprint density at radius 1 is 1.18 bits per heavy atom. The molecular formula is C17H22Cl2N2O. The summed E-state index contributed by atoms with van der Waals surface area (Å²) in [5, 5.41) is 3.96. The van der Waals surface area contributed by atoms with Crippen LogP contribution in [0, 0.1) is 5.92 Å². The van der Waals surface area contributed by atoms with E-state index in [1.807, 2.05) is 0 Å². The zero-order valence-electron chi connectivity index (χ0n) is 12.7. The van der Waals surface area contributed by atoms with Gasteiger partial charge in [0.15, 0.2) is 0 Å². The molecule has 1 N–H and O–H groups in total. The quantitative estimate of drug-likeness (QED) is 0.872. The number of rotatable bonds is 3. The van der Waals surface area contributed by atoms with E-state index in [0.29, 0.717) is 28.3 Å². The lowest BCUT2D eigenvalue weighted by Crippen LogP contribution is -2.49. The first-order chi connectivity index (χ1) is 10.6. The Morgan fingerprint density at radius 2 is 1.95 bits per heavy atom. The van der Waals surface area contributed by atoms with Gasteiger partial charge in [-0.2, -0.15) is 0 Å². The summed E-state index contributed by atoms with van der Waals surface area (Å²) in [5.41, 5.74) is 0.633. The van der Waals surface area contributed by atoms with Crippen molar-refractivity contribution in [1.29, 1.82) is 0 Å². The first-order valence-electron chi connectivity index (χ1n) is 8.12. The molecule has 3 rings (SSSR count). The van der Waals surface area contributed by atoms with Crippen LogP contribution in [0.1, 0.15) is 38.5 Å². The molecule has 2 atom stereocenters. The third kappa shape index (κ3) is 3.76. The number of halogens is 2. The maximum Gasteiger partial charge on any atom is 0.238 e. The van der Waals surface area contributed by atoms with E-state index >= 15 is 0 Å². The Kier molecular flexibility index (Phi) is 5.27. The molecule has 22 heavy (non-hydrogen) atoms. The molecule has 0 bridgehead atoms. The fraction of sp³-hybridized carbons (Fsp3) is 0.588. The number of carbonyl (C=O) groups excluding carboxylic acids is 1. The minimum absolute atomic E-state index is 0.00967. The Labute approximate surface area is 142 Å². The number of nitrogens with one attached hydrogen (secondary N) is 1. The molecule has 2 fully saturated rings. The van der Waals surface area contributed by atoms with Crippen molar-refractivity contribution in [2.24, 2.45) is 5.92 Å². The molecule has 3 nitrogen and oxygen atoms in total. The summed E-state index contributed by atoms with van der Waals surface area (Å²) >= 11 is 12.0. The molecule has 2 aliphatic rings. The Bertz CT molecular complexity index is 547. The highest BCUT2D eigenvalue weighted by Crippen LogP contribution is 2.35. The first-order valence-corrected chi connectivity index (χ1v) is 8.88. The monoisotopic (exact) mass is 340 g/mol. The predicted octanol–water partition coefficient (Wildman–Crippen LogP) is 4.59. The van der Waals surface area contributed by atoms with E-state index in [1.54, 1.807) is 18.2 Å². The molecule has 1 heterocycles. The van der Waals surface area contributed by atoms with E-state index in [2.05, 4.69) is 10.2 Å². The van der Waals surface area contributed by atoms with Gasteiger partial charge in [0.1, 0.15) is 0 Å². The van der Waals surface area contributed by atoms with Crippen LogP contribution in [0.3, 0.4) is 0 Å². The molecule has 1 aromatic rings. The minimum Gasteiger partial charge on any atom is -0.324 e. The van der Waals surface area contributed by atoms with E-state index in [4.69, 9.17) is 23.2 Å². The number of amides is 1. The van der Waals surface area contributed by atoms with Gasteiger partial charge in [-0.05, 0) is 56.3 Å². The SMILES string of the molecule is O=C(CN1CCC[C@@H]2CCCC[C@@H]21)Nc1ccc(Cl)cc1Cl. The van der Waals surface area contributed by atoms with Crippen molar-refractivity contribution in [2.75, 3.05) is 18.4 Å². The van der Waals surface area contributed by atoms with Crippen molar-refractivity contribution in [2.45, 2.75) is 44.6 Å². The van der Waals surface area contributed by atoms with Crippen LogP contribution in [0.2, 0.25) is 10.0 Å². The third-order valence-electron chi connectivity index (χ3n) is 4.91. The van der Waals surface area contributed by atoms with Crippen LogP contribution < -0.4 is 5.32 Å². The van der Waals surface area contributed by atoms with Crippen molar-refractivity contribution in [1.82, 2.24) is 4.90 Å². The number of anilines is 1. The number of likely N-dealkylation sites (tertiary alicyclic amines) is 1. The summed E-state index contributed by atoms with van der Waals surface area (Å²) in [4.78, 5) is 14.7. The second kappa shape index (κ2) is 7.20. The van der Waals surface area contributed by atoms with E-state index in [1.165, 1.54) is 38.5 Å². The summed E-state index contributed by atoms with van der Waals surface area (Å²) in [7, 11) is 0. The van der Waals surface area contributed by atoms with Gasteiger partial charge in [-0.15, -0.1) is 0 Å². The van der Waals surface area contributed by atoms with E-state index in [-0.39, 0.29) is 5.91 Å². The van der Waals surface area contributed by atoms with E-state index in [9.17, 15) is 4.79 Å². The van der Waals surface area contributed by atoms with Crippen LogP contribution in [0.4, 0.5) is 5.69 Å². The van der Waals surface area contributed by atoms with Gasteiger partial charge in [-0.3, -0.25) is 9.69 Å². The van der Waals surface area contributed by atoms with Crippen molar-refractivity contribution >= 4 is 34.8 Å². The largest absolute Gasteiger partial charge is 0.324 e. The lowest BCUT2D eigenvalue weighted by molar-refractivity contribution is -0.118. The van der Waals surface area contributed by atoms with Gasteiger partial charge in [-0.25, -0.2) is 0 Å². The summed E-state index contributed by atoms with van der Waals surface area (Å²) in [6, 6.07) is 5.73. The molecule has 120 valence electrons. The van der Waals surface area contributed by atoms with E-state index in [0.717, 1.165) is 12.5 Å². The maximum atomic E-state index is 12.3. The van der Waals surface area contributed by atoms with Gasteiger partial charge >= 0.3 is 0 Å². The Hall–Kier alpha value is -0.770. The average molecular weight is 341 g/mol. The lowest BCUT2D eigenvalue weighted by atomic mass is 9.78. The first kappa shape index (κ1) is 16.1. The van der Waals surface area contributed by atoms with Gasteiger partial charge in [0.2, 0.25) is 5.91 Å².